The van der Waals surface area contributed by atoms with Gasteiger partial charge < -0.3 is 10.4 Å². The van der Waals surface area contributed by atoms with Gasteiger partial charge in [-0.3, -0.25) is 0 Å². The highest BCUT2D eigenvalue weighted by molar-refractivity contribution is 5.71. The minimum absolute atomic E-state index is 0.161. The van der Waals surface area contributed by atoms with Crippen LogP contribution in [0.3, 0.4) is 0 Å². The topological polar surface area (TPSA) is 70.0 Å². The van der Waals surface area contributed by atoms with Gasteiger partial charge in [-0.2, -0.15) is 0 Å². The summed E-state index contributed by atoms with van der Waals surface area (Å²) in [5.74, 6) is 0.161. The van der Waals surface area contributed by atoms with Gasteiger partial charge in [0.1, 0.15) is 5.54 Å². The van der Waals surface area contributed by atoms with E-state index in [1.165, 1.54) is 11.1 Å². The number of anilines is 1. The van der Waals surface area contributed by atoms with E-state index in [1.807, 2.05) is 24.1 Å². The first kappa shape index (κ1) is 16.3. The second-order valence-corrected chi connectivity index (χ2v) is 7.89. The van der Waals surface area contributed by atoms with Crippen LogP contribution in [0, 0.1) is 17.3 Å². The third-order valence-corrected chi connectivity index (χ3v) is 6.23. The Hall–Kier alpha value is -2.89. The molecule has 0 atom stereocenters. The third-order valence-electron chi connectivity index (χ3n) is 6.23. The van der Waals surface area contributed by atoms with Crippen LogP contribution in [0.15, 0.2) is 36.4 Å². The maximum absolute atomic E-state index is 13.1. The molecule has 2 aliphatic carbocycles. The Bertz CT molecular complexity index is 1060. The van der Waals surface area contributed by atoms with Crippen LogP contribution < -0.4 is 14.5 Å². The van der Waals surface area contributed by atoms with Crippen molar-refractivity contribution in [3.05, 3.63) is 69.1 Å². The zero-order valence-electron chi connectivity index (χ0n) is 15.6. The van der Waals surface area contributed by atoms with Crippen molar-refractivity contribution in [2.24, 2.45) is 0 Å². The van der Waals surface area contributed by atoms with Crippen LogP contribution in [0.5, 0.6) is 0 Å². The Morgan fingerprint density at radius 1 is 1.00 bits per heavy atom. The van der Waals surface area contributed by atoms with E-state index in [9.17, 15) is 10.4 Å². The molecular formula is C21H22N4O2. The molecule has 1 heterocycles. The highest BCUT2D eigenvalue weighted by Gasteiger charge is 2.54. The summed E-state index contributed by atoms with van der Waals surface area (Å²) in [7, 11) is 1.86. The summed E-state index contributed by atoms with van der Waals surface area (Å²) in [4.78, 5) is 2.49. The minimum Gasteiger partial charge on any atom is -0.739 e. The van der Waals surface area contributed by atoms with E-state index in [4.69, 9.17) is 0 Å². The molecule has 6 heteroatoms. The van der Waals surface area contributed by atoms with Gasteiger partial charge in [0.05, 0.1) is 7.05 Å². The molecular weight excluding hydrogens is 340 g/mol. The van der Waals surface area contributed by atoms with Gasteiger partial charge in [-0.15, -0.1) is 0 Å². The lowest BCUT2D eigenvalue weighted by Gasteiger charge is -2.25. The van der Waals surface area contributed by atoms with Crippen molar-refractivity contribution in [1.82, 2.24) is 5.10 Å². The van der Waals surface area contributed by atoms with Crippen molar-refractivity contribution < 1.29 is 9.58 Å². The van der Waals surface area contributed by atoms with E-state index in [0.717, 1.165) is 48.0 Å². The molecule has 2 aliphatic rings. The van der Waals surface area contributed by atoms with Crippen LogP contribution >= 0.6 is 0 Å². The molecule has 138 valence electrons. The van der Waals surface area contributed by atoms with Gasteiger partial charge in [0.25, 0.3) is 5.52 Å². The summed E-state index contributed by atoms with van der Waals surface area (Å²) >= 11 is 0. The molecule has 5 rings (SSSR count). The van der Waals surface area contributed by atoms with E-state index >= 15 is 0 Å². The molecule has 1 fully saturated rings. The molecule has 0 N–H and O–H groups in total. The zero-order chi connectivity index (χ0) is 18.8. The van der Waals surface area contributed by atoms with Crippen molar-refractivity contribution in [2.45, 2.75) is 44.6 Å². The smallest absolute Gasteiger partial charge is 0.463 e. The molecule has 1 aromatic heterocycles. The molecule has 0 bridgehead atoms. The first-order valence-electron chi connectivity index (χ1n) is 9.49. The van der Waals surface area contributed by atoms with Crippen LogP contribution in [-0.2, 0) is 18.4 Å². The van der Waals surface area contributed by atoms with Crippen molar-refractivity contribution in [3.63, 3.8) is 0 Å². The van der Waals surface area contributed by atoms with Crippen LogP contribution in [-0.4, -0.2) is 12.1 Å². The van der Waals surface area contributed by atoms with Crippen LogP contribution in [0.2, 0.25) is 0 Å². The molecule has 1 saturated carbocycles. The van der Waals surface area contributed by atoms with E-state index in [1.54, 1.807) is 0 Å². The van der Waals surface area contributed by atoms with Crippen LogP contribution in [0.25, 0.3) is 11.0 Å². The largest absolute Gasteiger partial charge is 0.739 e. The Morgan fingerprint density at radius 2 is 1.63 bits per heavy atom. The van der Waals surface area contributed by atoms with Crippen molar-refractivity contribution >= 4 is 17.0 Å². The van der Waals surface area contributed by atoms with Gasteiger partial charge in [0, 0.05) is 10.9 Å². The molecule has 2 aromatic carbocycles. The first-order chi connectivity index (χ1) is 13.0. The fourth-order valence-corrected chi connectivity index (χ4v) is 4.39. The number of fused-ring (bicyclic) bond motifs is 2. The second kappa shape index (κ2) is 5.55. The van der Waals surface area contributed by atoms with E-state index in [0.29, 0.717) is 15.9 Å². The van der Waals surface area contributed by atoms with E-state index in [-0.39, 0.29) is 11.5 Å². The number of benzene rings is 2. The number of hydrogen-bond donors (Lipinski definition) is 0. The average molecular weight is 362 g/mol. The highest BCUT2D eigenvalue weighted by Crippen LogP contribution is 2.51. The lowest BCUT2D eigenvalue weighted by atomic mass is 10.0. The summed E-state index contributed by atoms with van der Waals surface area (Å²) in [6, 6.07) is 12.1. The molecule has 0 radical (unpaired) electrons. The molecule has 0 amide bonds. The quantitative estimate of drug-likeness (QED) is 0.530. The zero-order valence-corrected chi connectivity index (χ0v) is 15.6. The molecule has 6 nitrogen and oxygen atoms in total. The van der Waals surface area contributed by atoms with Crippen molar-refractivity contribution in [1.29, 1.82) is 0 Å². The summed E-state index contributed by atoms with van der Waals surface area (Å²) in [6.07, 6.45) is 4.87. The first-order valence-corrected chi connectivity index (χ1v) is 9.49. The Kier molecular flexibility index (Phi) is 3.35. The summed E-state index contributed by atoms with van der Waals surface area (Å²) < 4.78 is 0.830. The molecule has 0 unspecified atom stereocenters. The lowest BCUT2D eigenvalue weighted by molar-refractivity contribution is -0.673. The van der Waals surface area contributed by atoms with Crippen molar-refractivity contribution in [3.8, 4) is 0 Å². The standard InChI is InChI=1S/C21H22N4O2/c1-14-6-8-17(9-7-14)21(10-11-21)23(2)20-22-25(27)19-13-16-5-3-4-15(16)12-18(19)24(20)26/h6-9,12-13H,3-5,10-11H2,1-2H3. The van der Waals surface area contributed by atoms with Crippen LogP contribution in [0.4, 0.5) is 5.95 Å². The van der Waals surface area contributed by atoms with Gasteiger partial charge in [0.15, 0.2) is 5.52 Å². The van der Waals surface area contributed by atoms with Gasteiger partial charge in [0.2, 0.25) is 5.10 Å². The highest BCUT2D eigenvalue weighted by atomic mass is 16.5. The minimum atomic E-state index is -0.260. The van der Waals surface area contributed by atoms with Gasteiger partial charge in [-0.05, 0) is 61.8 Å². The average Bonchev–Trinajstić information content (AvgIpc) is 3.35. The monoisotopic (exact) mass is 362 g/mol. The fourth-order valence-electron chi connectivity index (χ4n) is 4.39. The fraction of sp³-hybridized carbons (Fsp3) is 0.381. The molecule has 27 heavy (non-hydrogen) atoms. The number of aryl methyl sites for hydroxylation is 3. The number of rotatable bonds is 3. The Labute approximate surface area is 157 Å². The lowest BCUT2D eigenvalue weighted by Crippen LogP contribution is -2.49. The predicted molar refractivity (Wildman–Crippen MR) is 102 cm³/mol. The van der Waals surface area contributed by atoms with Gasteiger partial charge in [-0.1, -0.05) is 29.8 Å². The SMILES string of the molecule is Cc1ccc(C2(N(C)c3n[n+]([O-])c4cc5c(cc4[n+]3[O-])CCC5)CC2)cc1. The summed E-state index contributed by atoms with van der Waals surface area (Å²) in [5.41, 5.74) is 5.18. The third kappa shape index (κ3) is 2.36. The van der Waals surface area contributed by atoms with Crippen LogP contribution in [0.1, 0.15) is 41.5 Å². The second-order valence-electron chi connectivity index (χ2n) is 7.89. The maximum atomic E-state index is 13.1. The van der Waals surface area contributed by atoms with Crippen molar-refractivity contribution in [2.75, 3.05) is 11.9 Å². The molecule has 0 saturated heterocycles. The number of hydrogen-bond acceptors (Lipinski definition) is 4. The molecule has 0 spiro atoms. The number of aromatic nitrogens is 3. The van der Waals surface area contributed by atoms with Gasteiger partial charge in [-0.25, -0.2) is 9.63 Å². The molecule has 0 aliphatic heterocycles. The summed E-state index contributed by atoms with van der Waals surface area (Å²) in [6.45, 7) is 2.06. The maximum Gasteiger partial charge on any atom is 0.463 e. The Balaban J connectivity index is 1.63. The van der Waals surface area contributed by atoms with Gasteiger partial charge >= 0.3 is 5.95 Å². The Morgan fingerprint density at radius 3 is 2.26 bits per heavy atom. The molecule has 3 aromatic rings. The van der Waals surface area contributed by atoms with E-state index < -0.39 is 0 Å². The van der Waals surface area contributed by atoms with E-state index in [2.05, 4.69) is 36.3 Å². The predicted octanol–water partition coefficient (Wildman–Crippen LogP) is 2.42. The number of nitrogens with zero attached hydrogens (tertiary/aromatic N) is 4. The summed E-state index contributed by atoms with van der Waals surface area (Å²) in [5, 5.41) is 29.9. The normalized spacial score (nSPS) is 17.1.